The molecule has 0 atom stereocenters. The molecule has 1 rings (SSSR count). The van der Waals surface area contributed by atoms with Crippen molar-refractivity contribution in [3.8, 4) is 0 Å². The van der Waals surface area contributed by atoms with E-state index in [1.54, 1.807) is 0 Å². The fraction of sp³-hybridized carbons (Fsp3) is 0.500. The summed E-state index contributed by atoms with van der Waals surface area (Å²) in [4.78, 5) is 0. The van der Waals surface area contributed by atoms with Crippen LogP contribution in [0.5, 0.6) is 0 Å². The first-order chi connectivity index (χ1) is 5.72. The fourth-order valence-corrected chi connectivity index (χ4v) is 1.45. The van der Waals surface area contributed by atoms with Gasteiger partial charge in [0.25, 0.3) is 0 Å². The van der Waals surface area contributed by atoms with E-state index < -0.39 is 0 Å². The molecule has 0 radical (unpaired) electrons. The number of aryl methyl sites for hydroxylation is 1. The molecule has 0 amide bonds. The average Bonchev–Trinajstić information content (AvgIpc) is 2.03. The molecule has 0 unspecified atom stereocenters. The molecule has 0 saturated heterocycles. The predicted octanol–water partition coefficient (Wildman–Crippen LogP) is 3.45. The Morgan fingerprint density at radius 2 is 1.83 bits per heavy atom. The SMILES string of the molecule is CCc1cccc(CC(C)C)c1. The molecular formula is C12H18. The third-order valence-electron chi connectivity index (χ3n) is 2.04. The summed E-state index contributed by atoms with van der Waals surface area (Å²) < 4.78 is 0. The first-order valence-corrected chi connectivity index (χ1v) is 4.80. The second kappa shape index (κ2) is 4.30. The second-order valence-electron chi connectivity index (χ2n) is 3.77. The van der Waals surface area contributed by atoms with Gasteiger partial charge in [0.1, 0.15) is 0 Å². The summed E-state index contributed by atoms with van der Waals surface area (Å²) in [7, 11) is 0. The molecule has 66 valence electrons. The maximum atomic E-state index is 2.32. The quantitative estimate of drug-likeness (QED) is 0.638. The Bertz CT molecular complexity index is 236. The highest BCUT2D eigenvalue weighted by Crippen LogP contribution is 2.10. The molecule has 0 heterocycles. The molecule has 1 aromatic carbocycles. The molecule has 0 heteroatoms. The maximum absolute atomic E-state index is 2.32. The predicted molar refractivity (Wildman–Crippen MR) is 54.4 cm³/mol. The van der Waals surface area contributed by atoms with Crippen molar-refractivity contribution in [2.45, 2.75) is 33.6 Å². The Labute approximate surface area is 75.6 Å². The van der Waals surface area contributed by atoms with Crippen LogP contribution in [0, 0.1) is 5.92 Å². The molecule has 0 spiro atoms. The van der Waals surface area contributed by atoms with E-state index in [1.807, 2.05) is 0 Å². The Hall–Kier alpha value is -0.780. The second-order valence-corrected chi connectivity index (χ2v) is 3.77. The molecule has 0 saturated carbocycles. The van der Waals surface area contributed by atoms with E-state index in [-0.39, 0.29) is 0 Å². The molecule has 0 bridgehead atoms. The lowest BCUT2D eigenvalue weighted by Gasteiger charge is -2.05. The smallest absolute Gasteiger partial charge is 0.0256 e. The van der Waals surface area contributed by atoms with E-state index in [0.717, 1.165) is 12.3 Å². The lowest BCUT2D eigenvalue weighted by Crippen LogP contribution is -1.94. The van der Waals surface area contributed by atoms with E-state index in [1.165, 1.54) is 17.5 Å². The Kier molecular flexibility index (Phi) is 3.33. The van der Waals surface area contributed by atoms with Gasteiger partial charge >= 0.3 is 0 Å². The van der Waals surface area contributed by atoms with Crippen LogP contribution in [0.3, 0.4) is 0 Å². The monoisotopic (exact) mass is 162 g/mol. The van der Waals surface area contributed by atoms with Gasteiger partial charge in [0, 0.05) is 0 Å². The largest absolute Gasteiger partial charge is 0.0625 e. The third kappa shape index (κ3) is 2.69. The number of hydrogen-bond acceptors (Lipinski definition) is 0. The van der Waals surface area contributed by atoms with Gasteiger partial charge in [-0.3, -0.25) is 0 Å². The van der Waals surface area contributed by atoms with Crippen molar-refractivity contribution < 1.29 is 0 Å². The van der Waals surface area contributed by atoms with E-state index in [0.29, 0.717) is 0 Å². The van der Waals surface area contributed by atoms with Gasteiger partial charge in [0.2, 0.25) is 0 Å². The molecule has 0 nitrogen and oxygen atoms in total. The van der Waals surface area contributed by atoms with Gasteiger partial charge in [-0.2, -0.15) is 0 Å². The van der Waals surface area contributed by atoms with Gasteiger partial charge in [-0.15, -0.1) is 0 Å². The Morgan fingerprint density at radius 3 is 2.42 bits per heavy atom. The highest BCUT2D eigenvalue weighted by Gasteiger charge is 1.97. The lowest BCUT2D eigenvalue weighted by molar-refractivity contribution is 0.647. The van der Waals surface area contributed by atoms with Gasteiger partial charge in [-0.1, -0.05) is 45.0 Å². The van der Waals surface area contributed by atoms with E-state index >= 15 is 0 Å². The van der Waals surface area contributed by atoms with Gasteiger partial charge in [-0.25, -0.2) is 0 Å². The number of rotatable bonds is 3. The lowest BCUT2D eigenvalue weighted by atomic mass is 10.0. The van der Waals surface area contributed by atoms with Crippen LogP contribution in [0.4, 0.5) is 0 Å². The topological polar surface area (TPSA) is 0 Å². The van der Waals surface area contributed by atoms with Crippen LogP contribution >= 0.6 is 0 Å². The van der Waals surface area contributed by atoms with E-state index in [2.05, 4.69) is 45.0 Å². The zero-order valence-corrected chi connectivity index (χ0v) is 8.30. The molecule has 0 N–H and O–H groups in total. The van der Waals surface area contributed by atoms with Crippen molar-refractivity contribution in [1.82, 2.24) is 0 Å². The molecular weight excluding hydrogens is 144 g/mol. The van der Waals surface area contributed by atoms with Crippen molar-refractivity contribution in [2.75, 3.05) is 0 Å². The molecule has 12 heavy (non-hydrogen) atoms. The van der Waals surface area contributed by atoms with Crippen molar-refractivity contribution in [3.05, 3.63) is 35.4 Å². The fourth-order valence-electron chi connectivity index (χ4n) is 1.45. The summed E-state index contributed by atoms with van der Waals surface area (Å²) in [6.45, 7) is 6.73. The standard InChI is InChI=1S/C12H18/c1-4-11-6-5-7-12(9-11)8-10(2)3/h5-7,9-10H,4,8H2,1-3H3. The van der Waals surface area contributed by atoms with Gasteiger partial charge in [0.05, 0.1) is 0 Å². The number of hydrogen-bond donors (Lipinski definition) is 0. The molecule has 1 aromatic rings. The third-order valence-corrected chi connectivity index (χ3v) is 2.04. The van der Waals surface area contributed by atoms with Gasteiger partial charge < -0.3 is 0 Å². The zero-order chi connectivity index (χ0) is 8.97. The summed E-state index contributed by atoms with van der Waals surface area (Å²) in [6.07, 6.45) is 2.35. The Balaban J connectivity index is 2.72. The number of benzene rings is 1. The minimum absolute atomic E-state index is 0.761. The summed E-state index contributed by atoms with van der Waals surface area (Å²) in [6, 6.07) is 8.90. The van der Waals surface area contributed by atoms with E-state index in [9.17, 15) is 0 Å². The highest BCUT2D eigenvalue weighted by molar-refractivity contribution is 5.23. The van der Waals surface area contributed by atoms with Crippen molar-refractivity contribution in [2.24, 2.45) is 5.92 Å². The molecule has 0 aliphatic rings. The summed E-state index contributed by atoms with van der Waals surface area (Å²) >= 11 is 0. The Morgan fingerprint density at radius 1 is 1.17 bits per heavy atom. The zero-order valence-electron chi connectivity index (χ0n) is 8.30. The highest BCUT2D eigenvalue weighted by atomic mass is 14.0. The van der Waals surface area contributed by atoms with E-state index in [4.69, 9.17) is 0 Å². The molecule has 0 aromatic heterocycles. The first kappa shape index (κ1) is 9.31. The van der Waals surface area contributed by atoms with Crippen LogP contribution in [-0.4, -0.2) is 0 Å². The minimum Gasteiger partial charge on any atom is -0.0625 e. The van der Waals surface area contributed by atoms with Crippen molar-refractivity contribution in [1.29, 1.82) is 0 Å². The van der Waals surface area contributed by atoms with Crippen molar-refractivity contribution >= 4 is 0 Å². The molecule has 0 fully saturated rings. The maximum Gasteiger partial charge on any atom is -0.0256 e. The molecule has 0 aliphatic carbocycles. The van der Waals surface area contributed by atoms with Crippen LogP contribution in [0.2, 0.25) is 0 Å². The van der Waals surface area contributed by atoms with Crippen LogP contribution in [0.15, 0.2) is 24.3 Å². The first-order valence-electron chi connectivity index (χ1n) is 4.80. The normalized spacial score (nSPS) is 10.7. The van der Waals surface area contributed by atoms with Crippen molar-refractivity contribution in [3.63, 3.8) is 0 Å². The summed E-state index contributed by atoms with van der Waals surface area (Å²) in [5.41, 5.74) is 2.93. The minimum atomic E-state index is 0.761. The average molecular weight is 162 g/mol. The van der Waals surface area contributed by atoms with Gasteiger partial charge in [0.15, 0.2) is 0 Å². The summed E-state index contributed by atoms with van der Waals surface area (Å²) in [5, 5.41) is 0. The van der Waals surface area contributed by atoms with Crippen LogP contribution < -0.4 is 0 Å². The molecule has 0 aliphatic heterocycles. The van der Waals surface area contributed by atoms with Crippen LogP contribution in [0.1, 0.15) is 31.9 Å². The van der Waals surface area contributed by atoms with Gasteiger partial charge in [-0.05, 0) is 29.9 Å². The van der Waals surface area contributed by atoms with Crippen LogP contribution in [0.25, 0.3) is 0 Å². The van der Waals surface area contributed by atoms with Crippen LogP contribution in [-0.2, 0) is 12.8 Å². The summed E-state index contributed by atoms with van der Waals surface area (Å²) in [5.74, 6) is 0.761.